The van der Waals surface area contributed by atoms with Crippen LogP contribution in [0.4, 0.5) is 10.2 Å². The lowest BCUT2D eigenvalue weighted by molar-refractivity contribution is -0.120. The van der Waals surface area contributed by atoms with Crippen molar-refractivity contribution in [2.45, 2.75) is 13.8 Å². The summed E-state index contributed by atoms with van der Waals surface area (Å²) >= 11 is 0. The molecule has 0 spiro atoms. The van der Waals surface area contributed by atoms with E-state index in [2.05, 4.69) is 10.3 Å². The van der Waals surface area contributed by atoms with E-state index in [9.17, 15) is 9.18 Å². The summed E-state index contributed by atoms with van der Waals surface area (Å²) in [6.45, 7) is 3.90. The second-order valence-corrected chi connectivity index (χ2v) is 3.34. The van der Waals surface area contributed by atoms with E-state index in [1.165, 1.54) is 12.1 Å². The lowest BCUT2D eigenvalue weighted by Crippen LogP contribution is -2.19. The molecule has 0 aromatic carbocycles. The summed E-state index contributed by atoms with van der Waals surface area (Å²) in [6, 6.07) is 2.80. The van der Waals surface area contributed by atoms with Gasteiger partial charge < -0.3 is 5.32 Å². The highest BCUT2D eigenvalue weighted by atomic mass is 19.1. The van der Waals surface area contributed by atoms with Crippen molar-refractivity contribution in [3.63, 3.8) is 0 Å². The fourth-order valence-electron chi connectivity index (χ4n) is 0.862. The van der Waals surface area contributed by atoms with Crippen molar-refractivity contribution in [3.05, 3.63) is 24.1 Å². The zero-order valence-corrected chi connectivity index (χ0v) is 8.25. The number of rotatable bonds is 4. The minimum absolute atomic E-state index is 0.00273. The van der Waals surface area contributed by atoms with Crippen LogP contribution in [0, 0.1) is 11.7 Å². The number of carbonyl (C=O) groups is 1. The quantitative estimate of drug-likeness (QED) is 0.799. The molecule has 3 nitrogen and oxygen atoms in total. The molecular weight excluding hydrogens is 183 g/mol. The zero-order valence-electron chi connectivity index (χ0n) is 8.25. The molecule has 76 valence electrons. The standard InChI is InChI=1S/C10H13FN2O/c1-7(2)9(14)6-13-10-4-3-8(11)5-12-10/h3-5,7H,6H2,1-2H3,(H,12,13). The van der Waals surface area contributed by atoms with Crippen molar-refractivity contribution in [2.24, 2.45) is 5.92 Å². The number of pyridine rings is 1. The van der Waals surface area contributed by atoms with E-state index in [1.807, 2.05) is 13.8 Å². The van der Waals surface area contributed by atoms with E-state index in [-0.39, 0.29) is 24.1 Å². The molecule has 1 rings (SSSR count). The van der Waals surface area contributed by atoms with E-state index in [0.717, 1.165) is 6.20 Å². The van der Waals surface area contributed by atoms with Crippen LogP contribution < -0.4 is 5.32 Å². The summed E-state index contributed by atoms with van der Waals surface area (Å²) in [6.07, 6.45) is 1.11. The molecule has 0 aliphatic rings. The number of aromatic nitrogens is 1. The Bertz CT molecular complexity index is 308. The molecule has 14 heavy (non-hydrogen) atoms. The van der Waals surface area contributed by atoms with Crippen LogP contribution in [-0.2, 0) is 4.79 Å². The molecule has 0 aliphatic carbocycles. The predicted molar refractivity (Wildman–Crippen MR) is 52.5 cm³/mol. The number of nitrogens with zero attached hydrogens (tertiary/aromatic N) is 1. The number of hydrogen-bond acceptors (Lipinski definition) is 3. The molecule has 4 heteroatoms. The molecule has 0 saturated carbocycles. The fourth-order valence-corrected chi connectivity index (χ4v) is 0.862. The number of hydrogen-bond donors (Lipinski definition) is 1. The molecule has 1 N–H and O–H groups in total. The molecule has 0 bridgehead atoms. The Morgan fingerprint density at radius 3 is 2.79 bits per heavy atom. The molecule has 0 fully saturated rings. The third-order valence-electron chi connectivity index (χ3n) is 1.82. The highest BCUT2D eigenvalue weighted by Crippen LogP contribution is 2.03. The number of halogens is 1. The molecule has 0 aliphatic heterocycles. The van der Waals surface area contributed by atoms with E-state index in [0.29, 0.717) is 5.82 Å². The largest absolute Gasteiger partial charge is 0.363 e. The maximum absolute atomic E-state index is 12.5. The first kappa shape index (κ1) is 10.6. The molecule has 0 atom stereocenters. The summed E-state index contributed by atoms with van der Waals surface area (Å²) in [4.78, 5) is 15.0. The summed E-state index contributed by atoms with van der Waals surface area (Å²) < 4.78 is 12.5. The molecule has 0 unspecified atom stereocenters. The second kappa shape index (κ2) is 4.69. The van der Waals surface area contributed by atoms with Crippen LogP contribution in [0.15, 0.2) is 18.3 Å². The maximum Gasteiger partial charge on any atom is 0.154 e. The van der Waals surface area contributed by atoms with Gasteiger partial charge in [-0.15, -0.1) is 0 Å². The first-order valence-electron chi connectivity index (χ1n) is 4.47. The van der Waals surface area contributed by atoms with Crippen molar-refractivity contribution in [3.8, 4) is 0 Å². The smallest absolute Gasteiger partial charge is 0.154 e. The van der Waals surface area contributed by atoms with Gasteiger partial charge >= 0.3 is 0 Å². The first-order chi connectivity index (χ1) is 6.59. The lowest BCUT2D eigenvalue weighted by atomic mass is 10.1. The lowest BCUT2D eigenvalue weighted by Gasteiger charge is -2.06. The molecule has 1 aromatic heterocycles. The molecule has 0 saturated heterocycles. The Labute approximate surface area is 82.4 Å². The number of carbonyl (C=O) groups excluding carboxylic acids is 1. The normalized spacial score (nSPS) is 10.3. The SMILES string of the molecule is CC(C)C(=O)CNc1ccc(F)cn1. The van der Waals surface area contributed by atoms with Gasteiger partial charge in [0.2, 0.25) is 0 Å². The van der Waals surface area contributed by atoms with E-state index >= 15 is 0 Å². The molecular formula is C10H13FN2O. The van der Waals surface area contributed by atoms with Gasteiger partial charge in [0.05, 0.1) is 12.7 Å². The van der Waals surface area contributed by atoms with Gasteiger partial charge in [-0.1, -0.05) is 13.8 Å². The van der Waals surface area contributed by atoms with E-state index in [4.69, 9.17) is 0 Å². The predicted octanol–water partition coefficient (Wildman–Crippen LogP) is 1.86. The molecule has 0 amide bonds. The van der Waals surface area contributed by atoms with Crippen LogP contribution in [0.2, 0.25) is 0 Å². The highest BCUT2D eigenvalue weighted by molar-refractivity contribution is 5.84. The van der Waals surface area contributed by atoms with Gasteiger partial charge in [0.1, 0.15) is 11.6 Å². The van der Waals surface area contributed by atoms with E-state index < -0.39 is 0 Å². The van der Waals surface area contributed by atoms with Crippen molar-refractivity contribution in [1.29, 1.82) is 0 Å². The highest BCUT2D eigenvalue weighted by Gasteiger charge is 2.06. The Morgan fingerprint density at radius 1 is 1.57 bits per heavy atom. The first-order valence-corrected chi connectivity index (χ1v) is 4.47. The Kier molecular flexibility index (Phi) is 3.56. The van der Waals surface area contributed by atoms with Crippen LogP contribution in [-0.4, -0.2) is 17.3 Å². The molecule has 1 heterocycles. The van der Waals surface area contributed by atoms with Crippen LogP contribution in [0.25, 0.3) is 0 Å². The monoisotopic (exact) mass is 196 g/mol. The van der Waals surface area contributed by atoms with Crippen molar-refractivity contribution >= 4 is 11.6 Å². The van der Waals surface area contributed by atoms with Gasteiger partial charge in [-0.2, -0.15) is 0 Å². The fraction of sp³-hybridized carbons (Fsp3) is 0.400. The number of ketones is 1. The van der Waals surface area contributed by atoms with Gasteiger partial charge in [0.15, 0.2) is 5.78 Å². The summed E-state index contributed by atoms with van der Waals surface area (Å²) in [5, 5.41) is 2.83. The molecule has 1 aromatic rings. The second-order valence-electron chi connectivity index (χ2n) is 3.34. The minimum atomic E-state index is -0.384. The van der Waals surface area contributed by atoms with Crippen molar-refractivity contribution < 1.29 is 9.18 Å². The third kappa shape index (κ3) is 3.12. The van der Waals surface area contributed by atoms with Crippen LogP contribution in [0.1, 0.15) is 13.8 Å². The van der Waals surface area contributed by atoms with Gasteiger partial charge in [-0.3, -0.25) is 4.79 Å². The van der Waals surface area contributed by atoms with Crippen LogP contribution in [0.5, 0.6) is 0 Å². The van der Waals surface area contributed by atoms with Gasteiger partial charge in [0, 0.05) is 5.92 Å². The van der Waals surface area contributed by atoms with Gasteiger partial charge in [-0.25, -0.2) is 9.37 Å². The Balaban J connectivity index is 2.46. The summed E-state index contributed by atoms with van der Waals surface area (Å²) in [5.41, 5.74) is 0. The van der Waals surface area contributed by atoms with Crippen molar-refractivity contribution in [1.82, 2.24) is 4.98 Å². The average molecular weight is 196 g/mol. The number of Topliss-reactive ketones (excluding diaryl/α,β-unsaturated/α-hetero) is 1. The third-order valence-corrected chi connectivity index (χ3v) is 1.82. The van der Waals surface area contributed by atoms with Crippen LogP contribution in [0.3, 0.4) is 0 Å². The van der Waals surface area contributed by atoms with Crippen LogP contribution >= 0.6 is 0 Å². The minimum Gasteiger partial charge on any atom is -0.363 e. The summed E-state index contributed by atoms with van der Waals surface area (Å²) in [5.74, 6) is 0.241. The average Bonchev–Trinajstić information content (AvgIpc) is 2.16. The van der Waals surface area contributed by atoms with Crippen molar-refractivity contribution in [2.75, 3.05) is 11.9 Å². The number of anilines is 1. The number of nitrogens with one attached hydrogen (secondary N) is 1. The zero-order chi connectivity index (χ0) is 10.6. The summed E-state index contributed by atoms with van der Waals surface area (Å²) in [7, 11) is 0. The topological polar surface area (TPSA) is 42.0 Å². The molecule has 0 radical (unpaired) electrons. The van der Waals surface area contributed by atoms with Gasteiger partial charge in [0.25, 0.3) is 0 Å². The van der Waals surface area contributed by atoms with Gasteiger partial charge in [-0.05, 0) is 12.1 Å². The van der Waals surface area contributed by atoms with E-state index in [1.54, 1.807) is 0 Å². The maximum atomic E-state index is 12.5. The Hall–Kier alpha value is -1.45. The Morgan fingerprint density at radius 2 is 2.29 bits per heavy atom.